The smallest absolute Gasteiger partial charge is 0.407 e. The summed E-state index contributed by atoms with van der Waals surface area (Å²) in [6.45, 7) is 3.27. The number of amides is 2. The molecule has 2 rings (SSSR count). The molecule has 0 radical (unpaired) electrons. The van der Waals surface area contributed by atoms with Gasteiger partial charge in [-0.15, -0.1) is 0 Å². The molecular weight excluding hydrogens is 322 g/mol. The van der Waals surface area contributed by atoms with Crippen LogP contribution in [0.1, 0.15) is 0 Å². The predicted molar refractivity (Wildman–Crippen MR) is 77.8 cm³/mol. The van der Waals surface area contributed by atoms with E-state index in [0.717, 1.165) is 12.2 Å². The topological polar surface area (TPSA) is 132 Å². The summed E-state index contributed by atoms with van der Waals surface area (Å²) in [6, 6.07) is -0.416. The third-order valence-electron chi connectivity index (χ3n) is 2.87. The van der Waals surface area contributed by atoms with Gasteiger partial charge in [-0.3, -0.25) is 4.79 Å². The molecule has 0 aromatic carbocycles. The summed E-state index contributed by atoms with van der Waals surface area (Å²) in [5, 5.41) is 7.51. The molecule has 0 saturated carbocycles. The monoisotopic (exact) mass is 337 g/mol. The van der Waals surface area contributed by atoms with Crippen LogP contribution in [0.2, 0.25) is 0 Å². The Bertz CT molecular complexity index is 638. The van der Waals surface area contributed by atoms with E-state index in [1.54, 1.807) is 0 Å². The number of nitrogens with one attached hydrogen (secondary N) is 3. The van der Waals surface area contributed by atoms with Crippen LogP contribution in [0, 0.1) is 0 Å². The molecule has 1 saturated heterocycles. The Kier molecular flexibility index (Phi) is 5.55. The summed E-state index contributed by atoms with van der Waals surface area (Å²) in [5.41, 5.74) is 0.198. The maximum atomic E-state index is 11.5. The van der Waals surface area contributed by atoms with Crippen LogP contribution in [-0.4, -0.2) is 49.8 Å². The average Bonchev–Trinajstić information content (AvgIpc) is 2.95. The van der Waals surface area contributed by atoms with E-state index in [4.69, 9.17) is 9.47 Å². The second-order valence-corrected chi connectivity index (χ2v) is 4.76. The Morgan fingerprint density at radius 2 is 2.00 bits per heavy atom. The van der Waals surface area contributed by atoms with Crippen LogP contribution >= 0.6 is 0 Å². The van der Waals surface area contributed by atoms with Gasteiger partial charge in [0.2, 0.25) is 0 Å². The SMILES string of the molecule is C=C1NC=C(COC(=O)/C=C/C(=O)OCC2COC(=O)N2)C(=O)N1. The van der Waals surface area contributed by atoms with Crippen LogP contribution in [0.15, 0.2) is 36.3 Å². The molecule has 2 aliphatic rings. The molecule has 0 aliphatic carbocycles. The minimum atomic E-state index is -0.817. The van der Waals surface area contributed by atoms with Gasteiger partial charge in [-0.1, -0.05) is 6.58 Å². The number of alkyl carbamates (subject to hydrolysis) is 1. The van der Waals surface area contributed by atoms with Gasteiger partial charge in [-0.05, 0) is 0 Å². The van der Waals surface area contributed by atoms with Crippen LogP contribution in [0.5, 0.6) is 0 Å². The molecule has 2 aliphatic heterocycles. The normalized spacial score (nSPS) is 19.8. The number of rotatable bonds is 6. The summed E-state index contributed by atoms with van der Waals surface area (Å²) >= 11 is 0. The summed E-state index contributed by atoms with van der Waals surface area (Å²) in [5.74, 6) is -1.71. The molecule has 10 nitrogen and oxygen atoms in total. The highest BCUT2D eigenvalue weighted by molar-refractivity contribution is 5.96. The Morgan fingerprint density at radius 1 is 1.29 bits per heavy atom. The van der Waals surface area contributed by atoms with Gasteiger partial charge in [0.1, 0.15) is 31.7 Å². The average molecular weight is 337 g/mol. The highest BCUT2D eigenvalue weighted by atomic mass is 16.6. The first-order chi connectivity index (χ1) is 11.4. The van der Waals surface area contributed by atoms with Crippen molar-refractivity contribution in [2.75, 3.05) is 19.8 Å². The Balaban J connectivity index is 1.68. The quantitative estimate of drug-likeness (QED) is 0.313. The van der Waals surface area contributed by atoms with E-state index in [1.165, 1.54) is 6.20 Å². The highest BCUT2D eigenvalue weighted by Crippen LogP contribution is 2.02. The van der Waals surface area contributed by atoms with Crippen molar-refractivity contribution in [2.45, 2.75) is 6.04 Å². The van der Waals surface area contributed by atoms with Crippen LogP contribution in [0.3, 0.4) is 0 Å². The van der Waals surface area contributed by atoms with E-state index in [1.807, 2.05) is 0 Å². The molecular formula is C14H15N3O7. The largest absolute Gasteiger partial charge is 0.460 e. The maximum Gasteiger partial charge on any atom is 0.407 e. The first kappa shape index (κ1) is 17.1. The fourth-order valence-corrected chi connectivity index (χ4v) is 1.68. The summed E-state index contributed by atoms with van der Waals surface area (Å²) in [6.07, 6.45) is 2.55. The van der Waals surface area contributed by atoms with Crippen molar-refractivity contribution in [2.24, 2.45) is 0 Å². The van der Waals surface area contributed by atoms with Gasteiger partial charge in [0.05, 0.1) is 5.57 Å². The summed E-state index contributed by atoms with van der Waals surface area (Å²) < 4.78 is 14.3. The van der Waals surface area contributed by atoms with Crippen LogP contribution in [-0.2, 0) is 28.6 Å². The second-order valence-electron chi connectivity index (χ2n) is 4.76. The molecule has 10 heteroatoms. The number of hydrogen-bond donors (Lipinski definition) is 3. The van der Waals surface area contributed by atoms with E-state index in [0.29, 0.717) is 5.82 Å². The van der Waals surface area contributed by atoms with Gasteiger partial charge in [0, 0.05) is 18.4 Å². The lowest BCUT2D eigenvalue weighted by Crippen LogP contribution is -2.36. The third kappa shape index (κ3) is 5.16. The molecule has 1 fully saturated rings. The van der Waals surface area contributed by atoms with Crippen molar-refractivity contribution < 1.29 is 33.4 Å². The van der Waals surface area contributed by atoms with Gasteiger partial charge in [-0.25, -0.2) is 14.4 Å². The van der Waals surface area contributed by atoms with Crippen molar-refractivity contribution in [3.8, 4) is 0 Å². The van der Waals surface area contributed by atoms with Crippen LogP contribution in [0.25, 0.3) is 0 Å². The number of cyclic esters (lactones) is 1. The van der Waals surface area contributed by atoms with E-state index < -0.39 is 30.0 Å². The van der Waals surface area contributed by atoms with Crippen molar-refractivity contribution in [1.29, 1.82) is 0 Å². The molecule has 0 bridgehead atoms. The maximum absolute atomic E-state index is 11.5. The van der Waals surface area contributed by atoms with Crippen LogP contribution in [0.4, 0.5) is 4.79 Å². The first-order valence-electron chi connectivity index (χ1n) is 6.85. The molecule has 0 aromatic rings. The Hall–Kier alpha value is -3.30. The first-order valence-corrected chi connectivity index (χ1v) is 6.85. The molecule has 128 valence electrons. The molecule has 3 N–H and O–H groups in total. The number of carbonyl (C=O) groups is 4. The Morgan fingerprint density at radius 3 is 2.62 bits per heavy atom. The van der Waals surface area contributed by atoms with Crippen molar-refractivity contribution in [3.05, 3.63) is 36.3 Å². The molecule has 0 aromatic heterocycles. The van der Waals surface area contributed by atoms with Crippen molar-refractivity contribution in [3.63, 3.8) is 0 Å². The van der Waals surface area contributed by atoms with Crippen molar-refractivity contribution in [1.82, 2.24) is 16.0 Å². The molecule has 1 atom stereocenters. The number of esters is 2. The zero-order chi connectivity index (χ0) is 17.5. The molecule has 24 heavy (non-hydrogen) atoms. The lowest BCUT2D eigenvalue weighted by atomic mass is 10.2. The zero-order valence-electron chi connectivity index (χ0n) is 12.5. The minimum absolute atomic E-state index is 0.0768. The molecule has 2 amide bonds. The standard InChI is InChI=1S/C14H15N3O7/c1-8-15-4-9(13(20)16-8)5-22-11(18)2-3-12(19)23-6-10-7-24-14(21)17-10/h2-4,10,15H,1,5-7H2,(H,16,20)(H,17,21)/b3-2+. The van der Waals surface area contributed by atoms with Gasteiger partial charge in [0.15, 0.2) is 0 Å². The lowest BCUT2D eigenvalue weighted by molar-refractivity contribution is -0.140. The summed E-state index contributed by atoms with van der Waals surface area (Å²) in [7, 11) is 0. The van der Waals surface area contributed by atoms with E-state index in [-0.39, 0.29) is 25.4 Å². The number of ether oxygens (including phenoxy) is 3. The van der Waals surface area contributed by atoms with E-state index in [2.05, 4.69) is 27.3 Å². The number of carbonyl (C=O) groups excluding carboxylic acids is 4. The van der Waals surface area contributed by atoms with Gasteiger partial charge >= 0.3 is 18.0 Å². The molecule has 0 spiro atoms. The molecule has 2 heterocycles. The lowest BCUT2D eigenvalue weighted by Gasteiger charge is -2.16. The number of hydrogen-bond acceptors (Lipinski definition) is 8. The second kappa shape index (κ2) is 7.81. The summed E-state index contributed by atoms with van der Waals surface area (Å²) in [4.78, 5) is 45.2. The van der Waals surface area contributed by atoms with Crippen molar-refractivity contribution >= 4 is 23.9 Å². The fourth-order valence-electron chi connectivity index (χ4n) is 1.68. The fraction of sp³-hybridized carbons (Fsp3) is 0.286. The predicted octanol–water partition coefficient (Wildman–Crippen LogP) is -1.19. The molecule has 1 unspecified atom stereocenters. The highest BCUT2D eigenvalue weighted by Gasteiger charge is 2.23. The van der Waals surface area contributed by atoms with E-state index >= 15 is 0 Å². The van der Waals surface area contributed by atoms with Gasteiger partial charge < -0.3 is 30.2 Å². The van der Waals surface area contributed by atoms with E-state index in [9.17, 15) is 19.2 Å². The zero-order valence-corrected chi connectivity index (χ0v) is 12.5. The van der Waals surface area contributed by atoms with Gasteiger partial charge in [-0.2, -0.15) is 0 Å². The van der Waals surface area contributed by atoms with Crippen LogP contribution < -0.4 is 16.0 Å². The minimum Gasteiger partial charge on any atom is -0.460 e. The Labute approximate surface area is 136 Å². The third-order valence-corrected chi connectivity index (χ3v) is 2.87. The van der Waals surface area contributed by atoms with Gasteiger partial charge in [0.25, 0.3) is 5.91 Å².